The summed E-state index contributed by atoms with van der Waals surface area (Å²) in [6, 6.07) is 9.71. The molecular formula is C12H19NO3. The van der Waals surface area contributed by atoms with Crippen molar-refractivity contribution in [2.45, 2.75) is 19.3 Å². The highest BCUT2D eigenvalue weighted by molar-refractivity contribution is 5.13. The van der Waals surface area contributed by atoms with E-state index in [4.69, 9.17) is 9.84 Å². The first-order chi connectivity index (χ1) is 7.83. The number of hydrogen-bond donors (Lipinski definition) is 3. The second-order valence-corrected chi connectivity index (χ2v) is 3.53. The van der Waals surface area contributed by atoms with Gasteiger partial charge in [-0.2, -0.15) is 0 Å². The fourth-order valence-electron chi connectivity index (χ4n) is 1.26. The van der Waals surface area contributed by atoms with Gasteiger partial charge in [0.05, 0.1) is 6.61 Å². The van der Waals surface area contributed by atoms with Crippen LogP contribution in [-0.4, -0.2) is 36.2 Å². The number of rotatable bonds is 8. The van der Waals surface area contributed by atoms with E-state index in [1.54, 1.807) is 0 Å². The molecule has 4 nitrogen and oxygen atoms in total. The van der Waals surface area contributed by atoms with Crippen molar-refractivity contribution >= 4 is 0 Å². The van der Waals surface area contributed by atoms with E-state index in [0.717, 1.165) is 5.56 Å². The van der Waals surface area contributed by atoms with Gasteiger partial charge in [0.15, 0.2) is 6.29 Å². The predicted molar refractivity (Wildman–Crippen MR) is 61.8 cm³/mol. The molecule has 0 amide bonds. The molecule has 90 valence electrons. The number of hydrogen-bond acceptors (Lipinski definition) is 4. The fourth-order valence-corrected chi connectivity index (χ4v) is 1.26. The molecule has 0 heterocycles. The minimum Gasteiger partial charge on any atom is -0.396 e. The third-order valence-electron chi connectivity index (χ3n) is 2.12. The molecular weight excluding hydrogens is 206 g/mol. The molecule has 1 unspecified atom stereocenters. The summed E-state index contributed by atoms with van der Waals surface area (Å²) in [5.74, 6) is 0. The van der Waals surface area contributed by atoms with E-state index in [-0.39, 0.29) is 6.61 Å². The van der Waals surface area contributed by atoms with Crippen molar-refractivity contribution in [3.63, 3.8) is 0 Å². The largest absolute Gasteiger partial charge is 0.396 e. The molecule has 3 N–H and O–H groups in total. The van der Waals surface area contributed by atoms with Gasteiger partial charge < -0.3 is 20.3 Å². The topological polar surface area (TPSA) is 61.7 Å². The van der Waals surface area contributed by atoms with Crippen LogP contribution in [-0.2, 0) is 11.3 Å². The van der Waals surface area contributed by atoms with Gasteiger partial charge in [-0.3, -0.25) is 0 Å². The molecule has 1 atom stereocenters. The molecule has 0 bridgehead atoms. The molecule has 4 heteroatoms. The first kappa shape index (κ1) is 13.1. The number of ether oxygens (including phenoxy) is 1. The van der Waals surface area contributed by atoms with Crippen molar-refractivity contribution < 1.29 is 14.9 Å². The average molecular weight is 225 g/mol. The van der Waals surface area contributed by atoms with Gasteiger partial charge in [0.2, 0.25) is 0 Å². The van der Waals surface area contributed by atoms with Crippen LogP contribution in [0.5, 0.6) is 0 Å². The molecule has 0 fully saturated rings. The third kappa shape index (κ3) is 5.82. The summed E-state index contributed by atoms with van der Waals surface area (Å²) >= 11 is 0. The van der Waals surface area contributed by atoms with Crippen LogP contribution in [0.3, 0.4) is 0 Å². The lowest BCUT2D eigenvalue weighted by Gasteiger charge is -2.12. The molecule has 0 aromatic heterocycles. The molecule has 0 aliphatic rings. The zero-order chi connectivity index (χ0) is 11.6. The van der Waals surface area contributed by atoms with Crippen molar-refractivity contribution in [1.29, 1.82) is 0 Å². The number of nitrogens with one attached hydrogen (secondary N) is 1. The van der Waals surface area contributed by atoms with Crippen molar-refractivity contribution in [3.05, 3.63) is 35.9 Å². The molecule has 0 saturated carbocycles. The molecule has 1 aromatic rings. The van der Waals surface area contributed by atoms with Gasteiger partial charge in [0.1, 0.15) is 0 Å². The maximum absolute atomic E-state index is 9.46. The molecule has 0 aliphatic heterocycles. The Morgan fingerprint density at radius 1 is 1.25 bits per heavy atom. The van der Waals surface area contributed by atoms with Crippen LogP contribution in [0.2, 0.25) is 0 Å². The third-order valence-corrected chi connectivity index (χ3v) is 2.12. The summed E-state index contributed by atoms with van der Waals surface area (Å²) in [6.45, 7) is 1.63. The average Bonchev–Trinajstić information content (AvgIpc) is 2.33. The fraction of sp³-hybridized carbons (Fsp3) is 0.500. The Kier molecular flexibility index (Phi) is 6.76. The van der Waals surface area contributed by atoms with Gasteiger partial charge in [-0.05, 0) is 18.5 Å². The van der Waals surface area contributed by atoms with Gasteiger partial charge >= 0.3 is 0 Å². The second kappa shape index (κ2) is 8.24. The highest BCUT2D eigenvalue weighted by Gasteiger charge is 2.03. The SMILES string of the molecule is OCCCNCC(O)OCc1ccccc1. The first-order valence-electron chi connectivity index (χ1n) is 5.48. The second-order valence-electron chi connectivity index (χ2n) is 3.53. The molecule has 0 spiro atoms. The van der Waals surface area contributed by atoms with E-state index in [9.17, 15) is 5.11 Å². The summed E-state index contributed by atoms with van der Waals surface area (Å²) in [4.78, 5) is 0. The van der Waals surface area contributed by atoms with E-state index in [2.05, 4.69) is 5.32 Å². The zero-order valence-electron chi connectivity index (χ0n) is 9.30. The van der Waals surface area contributed by atoms with Crippen LogP contribution >= 0.6 is 0 Å². The molecule has 1 rings (SSSR count). The minimum atomic E-state index is -0.807. The number of aliphatic hydroxyl groups excluding tert-OH is 2. The lowest BCUT2D eigenvalue weighted by atomic mass is 10.2. The van der Waals surface area contributed by atoms with Crippen molar-refractivity contribution in [3.8, 4) is 0 Å². The summed E-state index contributed by atoms with van der Waals surface area (Å²) < 4.78 is 5.24. The van der Waals surface area contributed by atoms with E-state index in [1.165, 1.54) is 0 Å². The Hall–Kier alpha value is -0.940. The Balaban J connectivity index is 2.08. The highest BCUT2D eigenvalue weighted by Crippen LogP contribution is 2.01. The molecule has 1 aromatic carbocycles. The molecule has 0 radical (unpaired) electrons. The van der Waals surface area contributed by atoms with Crippen LogP contribution in [0.15, 0.2) is 30.3 Å². The molecule has 0 saturated heterocycles. The van der Waals surface area contributed by atoms with Crippen LogP contribution in [0.1, 0.15) is 12.0 Å². The number of benzene rings is 1. The summed E-state index contributed by atoms with van der Waals surface area (Å²) in [7, 11) is 0. The van der Waals surface area contributed by atoms with Crippen molar-refractivity contribution in [2.24, 2.45) is 0 Å². The predicted octanol–water partition coefficient (Wildman–Crippen LogP) is 0.494. The minimum absolute atomic E-state index is 0.161. The Labute approximate surface area is 95.9 Å². The maximum Gasteiger partial charge on any atom is 0.167 e. The van der Waals surface area contributed by atoms with Crippen LogP contribution < -0.4 is 5.32 Å². The smallest absolute Gasteiger partial charge is 0.167 e. The Bertz CT molecular complexity index is 266. The Morgan fingerprint density at radius 2 is 2.00 bits per heavy atom. The lowest BCUT2D eigenvalue weighted by molar-refractivity contribution is -0.105. The maximum atomic E-state index is 9.46. The van der Waals surface area contributed by atoms with Crippen molar-refractivity contribution in [2.75, 3.05) is 19.7 Å². The monoisotopic (exact) mass is 225 g/mol. The molecule has 16 heavy (non-hydrogen) atoms. The van der Waals surface area contributed by atoms with Gasteiger partial charge in [0.25, 0.3) is 0 Å². The summed E-state index contributed by atoms with van der Waals surface area (Å²) in [5.41, 5.74) is 1.04. The van der Waals surface area contributed by atoms with E-state index in [1.807, 2.05) is 30.3 Å². The van der Waals surface area contributed by atoms with Crippen LogP contribution in [0.4, 0.5) is 0 Å². The Morgan fingerprint density at radius 3 is 2.69 bits per heavy atom. The standard InChI is InChI=1S/C12H19NO3/c14-8-4-7-13-9-12(15)16-10-11-5-2-1-3-6-11/h1-3,5-6,12-15H,4,7-10H2. The normalized spacial score (nSPS) is 12.6. The van der Waals surface area contributed by atoms with Gasteiger partial charge in [-0.1, -0.05) is 30.3 Å². The van der Waals surface area contributed by atoms with E-state index >= 15 is 0 Å². The summed E-state index contributed by atoms with van der Waals surface area (Å²) in [5, 5.41) is 21.0. The van der Waals surface area contributed by atoms with Gasteiger partial charge in [-0.25, -0.2) is 0 Å². The van der Waals surface area contributed by atoms with Crippen LogP contribution in [0.25, 0.3) is 0 Å². The van der Waals surface area contributed by atoms with Crippen molar-refractivity contribution in [1.82, 2.24) is 5.32 Å². The highest BCUT2D eigenvalue weighted by atomic mass is 16.6. The van der Waals surface area contributed by atoms with E-state index in [0.29, 0.717) is 26.1 Å². The summed E-state index contributed by atoms with van der Waals surface area (Å²) in [6.07, 6.45) is -0.121. The first-order valence-corrected chi connectivity index (χ1v) is 5.48. The lowest BCUT2D eigenvalue weighted by Crippen LogP contribution is -2.29. The zero-order valence-corrected chi connectivity index (χ0v) is 9.30. The van der Waals surface area contributed by atoms with Crippen LogP contribution in [0, 0.1) is 0 Å². The molecule has 0 aliphatic carbocycles. The van der Waals surface area contributed by atoms with E-state index < -0.39 is 6.29 Å². The number of aliphatic hydroxyl groups is 2. The quantitative estimate of drug-likeness (QED) is 0.445. The van der Waals surface area contributed by atoms with Gasteiger partial charge in [-0.15, -0.1) is 0 Å². The van der Waals surface area contributed by atoms with Gasteiger partial charge in [0, 0.05) is 13.2 Å².